The minimum Gasteiger partial charge on any atom is -0.345 e. The van der Waals surface area contributed by atoms with Gasteiger partial charge < -0.3 is 15.1 Å². The van der Waals surface area contributed by atoms with Gasteiger partial charge in [-0.1, -0.05) is 42.5 Å². The molecule has 1 N–H and O–H groups in total. The largest absolute Gasteiger partial charge is 0.418 e. The third-order valence-electron chi connectivity index (χ3n) is 5.18. The maximum Gasteiger partial charge on any atom is 0.418 e. The molecule has 0 radical (unpaired) electrons. The van der Waals surface area contributed by atoms with Crippen molar-refractivity contribution in [1.82, 2.24) is 9.88 Å². The number of piperazine rings is 1. The summed E-state index contributed by atoms with van der Waals surface area (Å²) < 4.78 is 40.6. The lowest BCUT2D eigenvalue weighted by molar-refractivity contribution is -0.136. The molecule has 3 aromatic rings. The number of nitrogens with one attached hydrogen (secondary N) is 1. The molecular formula is C21H21F3N4OS. The van der Waals surface area contributed by atoms with Crippen LogP contribution in [-0.2, 0) is 12.6 Å². The minimum atomic E-state index is -4.52. The summed E-state index contributed by atoms with van der Waals surface area (Å²) in [7, 11) is 0. The number of aromatic nitrogens is 1. The summed E-state index contributed by atoms with van der Waals surface area (Å²) >= 11 is 1.62. The molecule has 0 atom stereocenters. The monoisotopic (exact) mass is 434 g/mol. The molecule has 1 fully saturated rings. The summed E-state index contributed by atoms with van der Waals surface area (Å²) in [5.74, 6) is 0. The lowest BCUT2D eigenvalue weighted by Crippen LogP contribution is -2.50. The van der Waals surface area contributed by atoms with Crippen molar-refractivity contribution >= 4 is 38.4 Å². The average Bonchev–Trinajstić information content (AvgIpc) is 3.18. The Balaban J connectivity index is 1.42. The number of amides is 2. The molecule has 9 heteroatoms. The molecule has 1 aliphatic rings. The number of fused-ring (bicyclic) bond motifs is 1. The number of carbonyl (C=O) groups is 1. The Morgan fingerprint density at radius 3 is 2.53 bits per heavy atom. The van der Waals surface area contributed by atoms with Gasteiger partial charge in [0.25, 0.3) is 0 Å². The van der Waals surface area contributed by atoms with E-state index in [0.29, 0.717) is 26.2 Å². The first-order valence-corrected chi connectivity index (χ1v) is 10.5. The van der Waals surface area contributed by atoms with Gasteiger partial charge >= 0.3 is 12.2 Å². The van der Waals surface area contributed by atoms with E-state index in [2.05, 4.69) is 29.3 Å². The third kappa shape index (κ3) is 4.07. The lowest BCUT2D eigenvalue weighted by atomic mass is 10.1. The van der Waals surface area contributed by atoms with Gasteiger partial charge in [0.2, 0.25) is 0 Å². The topological polar surface area (TPSA) is 48.5 Å². The van der Waals surface area contributed by atoms with Gasteiger partial charge in [-0.15, -0.1) is 0 Å². The third-order valence-corrected chi connectivity index (χ3v) is 6.27. The second-order valence-corrected chi connectivity index (χ2v) is 8.07. The molecule has 5 nitrogen and oxygen atoms in total. The number of nitrogens with zero attached hydrogens (tertiary/aromatic N) is 3. The highest BCUT2D eigenvalue weighted by Gasteiger charge is 2.34. The standard InChI is InChI=1S/C21H21F3N4OS/c1-2-14-6-5-9-17-18(14)26-20(30-17)28-12-10-27(11-13-28)19(29)25-16-8-4-3-7-15(16)21(22,23)24/h3-9H,2,10-13H2,1H3,(H,25,29). The number of anilines is 2. The molecule has 158 valence electrons. The molecule has 2 aromatic carbocycles. The molecule has 0 unspecified atom stereocenters. The molecule has 1 aromatic heterocycles. The predicted molar refractivity (Wildman–Crippen MR) is 113 cm³/mol. The number of para-hydroxylation sites is 2. The van der Waals surface area contributed by atoms with Crippen molar-refractivity contribution in [3.63, 3.8) is 0 Å². The number of benzene rings is 2. The maximum absolute atomic E-state index is 13.1. The number of halogens is 3. The number of alkyl halides is 3. The second kappa shape index (κ2) is 8.14. The summed E-state index contributed by atoms with van der Waals surface area (Å²) in [5.41, 5.74) is 1.15. The van der Waals surface area contributed by atoms with Crippen LogP contribution in [0.5, 0.6) is 0 Å². The molecule has 4 rings (SSSR count). The fourth-order valence-corrected chi connectivity index (χ4v) is 4.61. The highest BCUT2D eigenvalue weighted by Crippen LogP contribution is 2.35. The SMILES string of the molecule is CCc1cccc2sc(N3CCN(C(=O)Nc4ccccc4C(F)(F)F)CC3)nc12. The van der Waals surface area contributed by atoms with E-state index in [9.17, 15) is 18.0 Å². The van der Waals surface area contributed by atoms with E-state index in [1.54, 1.807) is 11.3 Å². The summed E-state index contributed by atoms with van der Waals surface area (Å²) in [6, 6.07) is 10.6. The Morgan fingerprint density at radius 2 is 1.83 bits per heavy atom. The van der Waals surface area contributed by atoms with E-state index < -0.39 is 17.8 Å². The van der Waals surface area contributed by atoms with Crippen molar-refractivity contribution in [3.8, 4) is 0 Å². The van der Waals surface area contributed by atoms with Crippen LogP contribution in [0.2, 0.25) is 0 Å². The summed E-state index contributed by atoms with van der Waals surface area (Å²) in [6.45, 7) is 4.08. The van der Waals surface area contributed by atoms with Crippen LogP contribution in [-0.4, -0.2) is 42.1 Å². The number of hydrogen-bond donors (Lipinski definition) is 1. The zero-order valence-corrected chi connectivity index (χ0v) is 17.2. The normalized spacial score (nSPS) is 14.9. The molecule has 0 bridgehead atoms. The van der Waals surface area contributed by atoms with E-state index in [1.165, 1.54) is 28.7 Å². The number of aryl methyl sites for hydroxylation is 1. The molecule has 0 spiro atoms. The van der Waals surface area contributed by atoms with Gasteiger partial charge in [0.05, 0.1) is 21.5 Å². The number of rotatable bonds is 3. The fraction of sp³-hybridized carbons (Fsp3) is 0.333. The van der Waals surface area contributed by atoms with E-state index in [1.807, 2.05) is 6.07 Å². The lowest BCUT2D eigenvalue weighted by Gasteiger charge is -2.34. The minimum absolute atomic E-state index is 0.226. The molecule has 0 saturated carbocycles. The van der Waals surface area contributed by atoms with Crippen molar-refractivity contribution in [2.45, 2.75) is 19.5 Å². The van der Waals surface area contributed by atoms with Gasteiger partial charge in [-0.2, -0.15) is 13.2 Å². The van der Waals surface area contributed by atoms with Crippen LogP contribution in [0.4, 0.5) is 28.8 Å². The zero-order valence-electron chi connectivity index (χ0n) is 16.4. The van der Waals surface area contributed by atoms with Crippen LogP contribution >= 0.6 is 11.3 Å². The zero-order chi connectivity index (χ0) is 21.3. The van der Waals surface area contributed by atoms with Gasteiger partial charge in [-0.05, 0) is 30.2 Å². The van der Waals surface area contributed by atoms with Crippen LogP contribution in [0.3, 0.4) is 0 Å². The van der Waals surface area contributed by atoms with Crippen LogP contribution in [0.1, 0.15) is 18.1 Å². The van der Waals surface area contributed by atoms with Gasteiger partial charge in [-0.25, -0.2) is 9.78 Å². The summed E-state index contributed by atoms with van der Waals surface area (Å²) in [5, 5.41) is 3.32. The van der Waals surface area contributed by atoms with Crippen LogP contribution < -0.4 is 10.2 Å². The van der Waals surface area contributed by atoms with Crippen LogP contribution in [0.25, 0.3) is 10.2 Å². The highest BCUT2D eigenvalue weighted by molar-refractivity contribution is 7.22. The smallest absolute Gasteiger partial charge is 0.345 e. The summed E-state index contributed by atoms with van der Waals surface area (Å²) in [6.07, 6.45) is -3.61. The number of hydrogen-bond acceptors (Lipinski definition) is 4. The molecule has 2 heterocycles. The Bertz CT molecular complexity index is 1060. The van der Waals surface area contributed by atoms with Crippen LogP contribution in [0.15, 0.2) is 42.5 Å². The van der Waals surface area contributed by atoms with E-state index in [0.717, 1.165) is 27.8 Å². The van der Waals surface area contributed by atoms with Gasteiger partial charge in [-0.3, -0.25) is 0 Å². The van der Waals surface area contributed by atoms with Crippen molar-refractivity contribution in [1.29, 1.82) is 0 Å². The predicted octanol–water partition coefficient (Wildman–Crippen LogP) is 5.23. The molecule has 30 heavy (non-hydrogen) atoms. The second-order valence-electron chi connectivity index (χ2n) is 7.06. The van der Waals surface area contributed by atoms with Gasteiger partial charge in [0.15, 0.2) is 5.13 Å². The van der Waals surface area contributed by atoms with E-state index in [4.69, 9.17) is 4.98 Å². The van der Waals surface area contributed by atoms with Crippen molar-refractivity contribution in [2.75, 3.05) is 36.4 Å². The molecule has 2 amide bonds. The van der Waals surface area contributed by atoms with Crippen molar-refractivity contribution in [2.24, 2.45) is 0 Å². The Kier molecular flexibility index (Phi) is 5.55. The van der Waals surface area contributed by atoms with E-state index in [-0.39, 0.29) is 5.69 Å². The first kappa shape index (κ1) is 20.5. The van der Waals surface area contributed by atoms with Gasteiger partial charge in [0, 0.05) is 26.2 Å². The number of urea groups is 1. The first-order valence-electron chi connectivity index (χ1n) is 9.72. The molecule has 1 aliphatic heterocycles. The molecule has 1 saturated heterocycles. The molecule has 0 aliphatic carbocycles. The Labute approximate surface area is 176 Å². The fourth-order valence-electron chi connectivity index (χ4n) is 3.55. The van der Waals surface area contributed by atoms with Crippen molar-refractivity contribution in [3.05, 3.63) is 53.6 Å². The first-order chi connectivity index (χ1) is 14.4. The van der Waals surface area contributed by atoms with E-state index >= 15 is 0 Å². The quantitative estimate of drug-likeness (QED) is 0.614. The average molecular weight is 434 g/mol. The number of carbonyl (C=O) groups excluding carboxylic acids is 1. The summed E-state index contributed by atoms with van der Waals surface area (Å²) in [4.78, 5) is 21.0. The van der Waals surface area contributed by atoms with Crippen LogP contribution in [0, 0.1) is 0 Å². The maximum atomic E-state index is 13.1. The number of thiazole rings is 1. The Hall–Kier alpha value is -2.81. The Morgan fingerprint density at radius 1 is 1.10 bits per heavy atom. The molecular weight excluding hydrogens is 413 g/mol. The highest BCUT2D eigenvalue weighted by atomic mass is 32.1. The van der Waals surface area contributed by atoms with Crippen molar-refractivity contribution < 1.29 is 18.0 Å². The van der Waals surface area contributed by atoms with Gasteiger partial charge in [0.1, 0.15) is 0 Å².